The van der Waals surface area contributed by atoms with Crippen molar-refractivity contribution in [1.82, 2.24) is 9.88 Å². The number of nitrogens with one attached hydrogen (secondary N) is 1. The molecule has 1 atom stereocenters. The number of carbonyl (C=O) groups excluding carboxylic acids is 1. The standard InChI is InChI=1S/C29H30N2O5/c1-31-17-23(21-6-4-5-7-24(21)31)22(20-9-11-26-28(15-20)36-18-35-26)16-29(32)30-13-12-19-8-10-25(33-2)27(14-19)34-3/h4-11,14-15,17,22H,12-13,16,18H2,1-3H3,(H,30,32)/t22-/m1/s1. The molecule has 0 unspecified atom stereocenters. The number of para-hydroxylation sites is 1. The highest BCUT2D eigenvalue weighted by Gasteiger charge is 2.24. The molecule has 0 fully saturated rings. The van der Waals surface area contributed by atoms with E-state index in [9.17, 15) is 4.79 Å². The number of ether oxygens (including phenoxy) is 4. The monoisotopic (exact) mass is 486 g/mol. The maximum absolute atomic E-state index is 13.2. The Morgan fingerprint density at radius 3 is 2.64 bits per heavy atom. The fourth-order valence-electron chi connectivity index (χ4n) is 4.83. The average Bonchev–Trinajstić information content (AvgIpc) is 3.51. The van der Waals surface area contributed by atoms with Gasteiger partial charge in [0.2, 0.25) is 12.7 Å². The molecule has 1 aliphatic rings. The van der Waals surface area contributed by atoms with E-state index in [0.29, 0.717) is 36.6 Å². The molecule has 36 heavy (non-hydrogen) atoms. The molecule has 7 nitrogen and oxygen atoms in total. The highest BCUT2D eigenvalue weighted by Crippen LogP contribution is 2.40. The van der Waals surface area contributed by atoms with Gasteiger partial charge in [0, 0.05) is 43.0 Å². The second kappa shape index (κ2) is 10.2. The van der Waals surface area contributed by atoms with Crippen molar-refractivity contribution in [3.05, 3.63) is 83.6 Å². The Bertz CT molecular complexity index is 1390. The molecule has 1 aliphatic heterocycles. The van der Waals surface area contributed by atoms with Crippen LogP contribution in [0.15, 0.2) is 66.9 Å². The molecule has 0 spiro atoms. The van der Waals surface area contributed by atoms with Gasteiger partial charge in [-0.05, 0) is 53.4 Å². The third kappa shape index (κ3) is 4.69. The summed E-state index contributed by atoms with van der Waals surface area (Å²) in [7, 11) is 5.27. The predicted molar refractivity (Wildman–Crippen MR) is 138 cm³/mol. The molecule has 1 amide bonds. The fraction of sp³-hybridized carbons (Fsp3) is 0.276. The van der Waals surface area contributed by atoms with Gasteiger partial charge >= 0.3 is 0 Å². The minimum atomic E-state index is -0.133. The number of aromatic nitrogens is 1. The van der Waals surface area contributed by atoms with E-state index in [1.807, 2.05) is 55.6 Å². The minimum Gasteiger partial charge on any atom is -0.493 e. The molecule has 5 rings (SSSR count). The summed E-state index contributed by atoms with van der Waals surface area (Å²) in [5.74, 6) is 2.67. The topological polar surface area (TPSA) is 71.0 Å². The molecule has 7 heteroatoms. The Morgan fingerprint density at radius 1 is 1.00 bits per heavy atom. The van der Waals surface area contributed by atoms with Gasteiger partial charge < -0.3 is 28.8 Å². The quantitative estimate of drug-likeness (QED) is 0.368. The largest absolute Gasteiger partial charge is 0.493 e. The van der Waals surface area contributed by atoms with Gasteiger partial charge in [0.15, 0.2) is 23.0 Å². The van der Waals surface area contributed by atoms with E-state index < -0.39 is 0 Å². The van der Waals surface area contributed by atoms with Gasteiger partial charge in [-0.15, -0.1) is 0 Å². The molecule has 2 heterocycles. The zero-order chi connectivity index (χ0) is 25.1. The van der Waals surface area contributed by atoms with Gasteiger partial charge in [-0.1, -0.05) is 30.3 Å². The molecule has 0 aliphatic carbocycles. The number of fused-ring (bicyclic) bond motifs is 2. The highest BCUT2D eigenvalue weighted by molar-refractivity contribution is 5.86. The Morgan fingerprint density at radius 2 is 1.81 bits per heavy atom. The van der Waals surface area contributed by atoms with Crippen LogP contribution in [0.3, 0.4) is 0 Å². The van der Waals surface area contributed by atoms with Gasteiger partial charge in [0.1, 0.15) is 0 Å². The number of benzene rings is 3. The van der Waals surface area contributed by atoms with E-state index >= 15 is 0 Å². The molecule has 1 aromatic heterocycles. The van der Waals surface area contributed by atoms with Crippen LogP contribution < -0.4 is 24.3 Å². The fourth-order valence-corrected chi connectivity index (χ4v) is 4.83. The first kappa shape index (κ1) is 23.6. The first-order valence-corrected chi connectivity index (χ1v) is 12.0. The second-order valence-corrected chi connectivity index (χ2v) is 8.87. The number of hydrogen-bond acceptors (Lipinski definition) is 5. The molecular weight excluding hydrogens is 456 g/mol. The number of amides is 1. The van der Waals surface area contributed by atoms with Crippen molar-refractivity contribution >= 4 is 16.8 Å². The maximum Gasteiger partial charge on any atom is 0.231 e. The van der Waals surface area contributed by atoms with E-state index in [-0.39, 0.29) is 18.6 Å². The molecule has 186 valence electrons. The van der Waals surface area contributed by atoms with E-state index in [1.54, 1.807) is 14.2 Å². The summed E-state index contributed by atoms with van der Waals surface area (Å²) in [6.45, 7) is 0.742. The van der Waals surface area contributed by atoms with Crippen molar-refractivity contribution in [2.45, 2.75) is 18.8 Å². The molecule has 0 saturated heterocycles. The van der Waals surface area contributed by atoms with E-state index in [1.165, 1.54) is 0 Å². The highest BCUT2D eigenvalue weighted by atomic mass is 16.7. The number of carbonyl (C=O) groups is 1. The molecule has 3 aromatic carbocycles. The Labute approximate surface area is 210 Å². The van der Waals surface area contributed by atoms with Crippen LogP contribution in [0.1, 0.15) is 29.0 Å². The third-order valence-corrected chi connectivity index (χ3v) is 6.68. The number of aryl methyl sites for hydroxylation is 1. The van der Waals surface area contributed by atoms with E-state index in [2.05, 4.69) is 28.2 Å². The Kier molecular flexibility index (Phi) is 6.71. The van der Waals surface area contributed by atoms with Crippen LogP contribution in [0.2, 0.25) is 0 Å². The van der Waals surface area contributed by atoms with Crippen LogP contribution in [0.5, 0.6) is 23.0 Å². The van der Waals surface area contributed by atoms with Gasteiger partial charge in [-0.3, -0.25) is 4.79 Å². The molecule has 0 saturated carbocycles. The first-order chi connectivity index (χ1) is 17.6. The molecule has 0 radical (unpaired) electrons. The summed E-state index contributed by atoms with van der Waals surface area (Å²) < 4.78 is 23.9. The third-order valence-electron chi connectivity index (χ3n) is 6.68. The second-order valence-electron chi connectivity index (χ2n) is 8.87. The zero-order valence-corrected chi connectivity index (χ0v) is 20.7. The normalized spacial score (nSPS) is 13.0. The van der Waals surface area contributed by atoms with E-state index in [0.717, 1.165) is 33.3 Å². The summed E-state index contributed by atoms with van der Waals surface area (Å²) in [4.78, 5) is 13.2. The SMILES string of the molecule is COc1ccc(CCNC(=O)C[C@H](c2ccc3c(c2)OCO3)c2cn(C)c3ccccc23)cc1OC. The molecule has 4 aromatic rings. The molecule has 1 N–H and O–H groups in total. The van der Waals surface area contributed by atoms with Crippen molar-refractivity contribution in [2.75, 3.05) is 27.6 Å². The van der Waals surface area contributed by atoms with Crippen LogP contribution in [0.4, 0.5) is 0 Å². The van der Waals surface area contributed by atoms with Crippen molar-refractivity contribution in [3.63, 3.8) is 0 Å². The Hall–Kier alpha value is -4.13. The number of rotatable bonds is 9. The van der Waals surface area contributed by atoms with Gasteiger partial charge in [-0.25, -0.2) is 0 Å². The van der Waals surface area contributed by atoms with Crippen molar-refractivity contribution in [3.8, 4) is 23.0 Å². The van der Waals surface area contributed by atoms with Crippen molar-refractivity contribution in [2.24, 2.45) is 7.05 Å². The maximum atomic E-state index is 13.2. The first-order valence-electron chi connectivity index (χ1n) is 12.0. The van der Waals surface area contributed by atoms with Gasteiger partial charge in [0.05, 0.1) is 14.2 Å². The van der Waals surface area contributed by atoms with Crippen LogP contribution in [0.25, 0.3) is 10.9 Å². The smallest absolute Gasteiger partial charge is 0.231 e. The summed E-state index contributed by atoms with van der Waals surface area (Å²) >= 11 is 0. The zero-order valence-electron chi connectivity index (χ0n) is 20.7. The summed E-state index contributed by atoms with van der Waals surface area (Å²) in [5, 5.41) is 4.24. The Balaban J connectivity index is 1.35. The lowest BCUT2D eigenvalue weighted by molar-refractivity contribution is -0.121. The average molecular weight is 487 g/mol. The lowest BCUT2D eigenvalue weighted by Gasteiger charge is -2.18. The lowest BCUT2D eigenvalue weighted by atomic mass is 9.87. The predicted octanol–water partition coefficient (Wildman–Crippen LogP) is 4.81. The van der Waals surface area contributed by atoms with Gasteiger partial charge in [0.25, 0.3) is 0 Å². The van der Waals surface area contributed by atoms with Crippen molar-refractivity contribution < 1.29 is 23.7 Å². The van der Waals surface area contributed by atoms with Gasteiger partial charge in [-0.2, -0.15) is 0 Å². The number of methoxy groups -OCH3 is 2. The molecular formula is C29H30N2O5. The van der Waals surface area contributed by atoms with Crippen molar-refractivity contribution in [1.29, 1.82) is 0 Å². The van der Waals surface area contributed by atoms with Crippen LogP contribution in [-0.2, 0) is 18.3 Å². The van der Waals surface area contributed by atoms with Crippen LogP contribution in [0, 0.1) is 0 Å². The number of nitrogens with zero attached hydrogens (tertiary/aromatic N) is 1. The van der Waals surface area contributed by atoms with E-state index in [4.69, 9.17) is 18.9 Å². The summed E-state index contributed by atoms with van der Waals surface area (Å²) in [6, 6.07) is 20.0. The number of hydrogen-bond donors (Lipinski definition) is 1. The lowest BCUT2D eigenvalue weighted by Crippen LogP contribution is -2.27. The summed E-state index contributed by atoms with van der Waals surface area (Å²) in [5.41, 5.74) is 4.33. The summed E-state index contributed by atoms with van der Waals surface area (Å²) in [6.07, 6.45) is 3.13. The van der Waals surface area contributed by atoms with Crippen LogP contribution >= 0.6 is 0 Å². The molecule has 0 bridgehead atoms. The van der Waals surface area contributed by atoms with Crippen LogP contribution in [-0.4, -0.2) is 38.0 Å². The minimum absolute atomic E-state index is 0.00826.